The van der Waals surface area contributed by atoms with Crippen LogP contribution in [0.5, 0.6) is 0 Å². The fourth-order valence-electron chi connectivity index (χ4n) is 0.997. The number of nitrogens with zero attached hydrogens (tertiary/aromatic N) is 1. The monoisotopic (exact) mass is 240 g/mol. The summed E-state index contributed by atoms with van der Waals surface area (Å²) in [6.07, 6.45) is 1.47. The first-order valence-corrected chi connectivity index (χ1v) is 5.84. The van der Waals surface area contributed by atoms with E-state index in [2.05, 4.69) is 9.97 Å². The van der Waals surface area contributed by atoms with Gasteiger partial charge in [0, 0.05) is 17.1 Å². The zero-order valence-corrected chi connectivity index (χ0v) is 9.27. The average Bonchev–Trinajstić information content (AvgIpc) is 2.65. The summed E-state index contributed by atoms with van der Waals surface area (Å²) in [4.78, 5) is 18.5. The van der Waals surface area contributed by atoms with Gasteiger partial charge in [0.05, 0.1) is 10.8 Å². The van der Waals surface area contributed by atoms with Crippen LogP contribution in [0.4, 0.5) is 0 Å². The summed E-state index contributed by atoms with van der Waals surface area (Å²) in [6.45, 7) is 0.0456. The zero-order chi connectivity index (χ0) is 10.7. The van der Waals surface area contributed by atoms with Crippen LogP contribution in [0.25, 0.3) is 0 Å². The van der Waals surface area contributed by atoms with E-state index in [0.29, 0.717) is 5.16 Å². The van der Waals surface area contributed by atoms with Crippen LogP contribution >= 0.6 is 23.1 Å². The summed E-state index contributed by atoms with van der Waals surface area (Å²) in [5.41, 5.74) is -0.161. The minimum absolute atomic E-state index is 0.0456. The number of aliphatic hydroxyl groups excluding tert-OH is 1. The van der Waals surface area contributed by atoms with E-state index in [1.807, 2.05) is 12.1 Å². The Kier molecular flexibility index (Phi) is 3.20. The molecule has 15 heavy (non-hydrogen) atoms. The van der Waals surface area contributed by atoms with Crippen molar-refractivity contribution < 1.29 is 5.11 Å². The van der Waals surface area contributed by atoms with Crippen LogP contribution in [-0.2, 0) is 6.61 Å². The second kappa shape index (κ2) is 4.61. The van der Waals surface area contributed by atoms with E-state index in [0.717, 1.165) is 9.09 Å². The molecule has 0 saturated carbocycles. The molecule has 0 saturated heterocycles. The van der Waals surface area contributed by atoms with Gasteiger partial charge in [-0.2, -0.15) is 0 Å². The molecule has 0 spiro atoms. The standard InChI is InChI=1S/C9H8N2O2S2/c12-5-6-1-2-8(14-6)15-9-10-4-3-7(13)11-9/h1-4,12H,5H2,(H,10,11,13). The van der Waals surface area contributed by atoms with E-state index >= 15 is 0 Å². The molecule has 0 bridgehead atoms. The Morgan fingerprint density at radius 3 is 3.00 bits per heavy atom. The molecule has 78 valence electrons. The van der Waals surface area contributed by atoms with Crippen molar-refractivity contribution in [3.63, 3.8) is 0 Å². The number of rotatable bonds is 3. The lowest BCUT2D eigenvalue weighted by Gasteiger charge is -1.95. The topological polar surface area (TPSA) is 66.0 Å². The number of aliphatic hydroxyl groups is 1. The first-order chi connectivity index (χ1) is 7.28. The maximum absolute atomic E-state index is 11.0. The molecule has 2 rings (SSSR count). The van der Waals surface area contributed by atoms with Crippen LogP contribution in [0.3, 0.4) is 0 Å². The molecule has 0 unspecified atom stereocenters. The number of hydrogen-bond donors (Lipinski definition) is 2. The number of thiophene rings is 1. The molecule has 6 heteroatoms. The molecule has 0 atom stereocenters. The third-order valence-electron chi connectivity index (χ3n) is 1.64. The van der Waals surface area contributed by atoms with Crippen LogP contribution in [0, 0.1) is 0 Å². The van der Waals surface area contributed by atoms with Crippen LogP contribution in [0.2, 0.25) is 0 Å². The van der Waals surface area contributed by atoms with E-state index in [1.165, 1.54) is 35.4 Å². The van der Waals surface area contributed by atoms with Crippen LogP contribution in [-0.4, -0.2) is 15.1 Å². The minimum atomic E-state index is -0.161. The molecule has 0 amide bonds. The predicted molar refractivity (Wildman–Crippen MR) is 59.2 cm³/mol. The van der Waals surface area contributed by atoms with Gasteiger partial charge in [-0.3, -0.25) is 4.79 Å². The van der Waals surface area contributed by atoms with Crippen molar-refractivity contribution in [2.24, 2.45) is 0 Å². The average molecular weight is 240 g/mol. The van der Waals surface area contributed by atoms with Gasteiger partial charge >= 0.3 is 0 Å². The third kappa shape index (κ3) is 2.68. The maximum Gasteiger partial charge on any atom is 0.251 e. The van der Waals surface area contributed by atoms with Gasteiger partial charge in [0.15, 0.2) is 5.16 Å². The molecule has 0 aliphatic carbocycles. The van der Waals surface area contributed by atoms with Crippen molar-refractivity contribution in [1.82, 2.24) is 9.97 Å². The Morgan fingerprint density at radius 1 is 1.47 bits per heavy atom. The maximum atomic E-state index is 11.0. The molecule has 0 fully saturated rings. The molecule has 2 aromatic rings. The van der Waals surface area contributed by atoms with Gasteiger partial charge in [0.2, 0.25) is 0 Å². The zero-order valence-electron chi connectivity index (χ0n) is 7.64. The lowest BCUT2D eigenvalue weighted by molar-refractivity contribution is 0.285. The molecule has 4 nitrogen and oxygen atoms in total. The highest BCUT2D eigenvalue weighted by atomic mass is 32.2. The fourth-order valence-corrected chi connectivity index (χ4v) is 2.91. The summed E-state index contributed by atoms with van der Waals surface area (Å²) in [5.74, 6) is 0. The van der Waals surface area contributed by atoms with Gasteiger partial charge in [-0.1, -0.05) is 0 Å². The van der Waals surface area contributed by atoms with E-state index in [4.69, 9.17) is 5.11 Å². The Balaban J connectivity index is 2.18. The molecular formula is C9H8N2O2S2. The van der Waals surface area contributed by atoms with Gasteiger partial charge in [-0.05, 0) is 23.9 Å². The number of aromatic amines is 1. The third-order valence-corrected chi connectivity index (χ3v) is 3.74. The molecule has 0 aliphatic rings. The van der Waals surface area contributed by atoms with Crippen molar-refractivity contribution in [3.8, 4) is 0 Å². The fraction of sp³-hybridized carbons (Fsp3) is 0.111. The number of nitrogens with one attached hydrogen (secondary N) is 1. The van der Waals surface area contributed by atoms with Crippen molar-refractivity contribution >= 4 is 23.1 Å². The van der Waals surface area contributed by atoms with Gasteiger partial charge in [-0.15, -0.1) is 11.3 Å². The van der Waals surface area contributed by atoms with Gasteiger partial charge in [-0.25, -0.2) is 4.98 Å². The molecular weight excluding hydrogens is 232 g/mol. The highest BCUT2D eigenvalue weighted by molar-refractivity contribution is 8.01. The first-order valence-electron chi connectivity index (χ1n) is 4.20. The van der Waals surface area contributed by atoms with Crippen LogP contribution < -0.4 is 5.56 Å². The number of H-pyrrole nitrogens is 1. The van der Waals surface area contributed by atoms with E-state index in [-0.39, 0.29) is 12.2 Å². The van der Waals surface area contributed by atoms with E-state index in [1.54, 1.807) is 0 Å². The van der Waals surface area contributed by atoms with Crippen molar-refractivity contribution in [1.29, 1.82) is 0 Å². The Bertz CT molecular complexity index is 507. The van der Waals surface area contributed by atoms with Crippen molar-refractivity contribution in [2.45, 2.75) is 16.0 Å². The van der Waals surface area contributed by atoms with Crippen LogP contribution in [0.1, 0.15) is 4.88 Å². The summed E-state index contributed by atoms with van der Waals surface area (Å²) >= 11 is 2.86. The second-order valence-electron chi connectivity index (χ2n) is 2.72. The minimum Gasteiger partial charge on any atom is -0.391 e. The van der Waals surface area contributed by atoms with Crippen molar-refractivity contribution in [3.05, 3.63) is 39.6 Å². The second-order valence-corrected chi connectivity index (χ2v) is 5.18. The largest absolute Gasteiger partial charge is 0.391 e. The normalized spacial score (nSPS) is 10.5. The highest BCUT2D eigenvalue weighted by Gasteiger charge is 2.03. The molecule has 0 radical (unpaired) electrons. The summed E-state index contributed by atoms with van der Waals surface area (Å²) in [7, 11) is 0. The van der Waals surface area contributed by atoms with Gasteiger partial charge in [0.25, 0.3) is 5.56 Å². The quantitative estimate of drug-likeness (QED) is 0.797. The molecule has 2 aromatic heterocycles. The summed E-state index contributed by atoms with van der Waals surface area (Å²) in [6, 6.07) is 5.12. The SMILES string of the molecule is O=c1ccnc(Sc2ccc(CO)s2)[nH]1. The molecule has 0 aliphatic heterocycles. The van der Waals surface area contributed by atoms with Crippen molar-refractivity contribution in [2.75, 3.05) is 0 Å². The molecule has 2 N–H and O–H groups in total. The lowest BCUT2D eigenvalue weighted by atomic mass is 10.5. The van der Waals surface area contributed by atoms with E-state index in [9.17, 15) is 4.79 Å². The predicted octanol–water partition coefficient (Wildman–Crippen LogP) is 1.47. The number of aromatic nitrogens is 2. The van der Waals surface area contributed by atoms with E-state index < -0.39 is 0 Å². The highest BCUT2D eigenvalue weighted by Crippen LogP contribution is 2.30. The van der Waals surface area contributed by atoms with Gasteiger partial charge < -0.3 is 10.1 Å². The lowest BCUT2D eigenvalue weighted by Crippen LogP contribution is -2.04. The first kappa shape index (κ1) is 10.4. The Labute approximate surface area is 94.0 Å². The molecule has 2 heterocycles. The van der Waals surface area contributed by atoms with Gasteiger partial charge in [0.1, 0.15) is 0 Å². The Morgan fingerprint density at radius 2 is 2.33 bits per heavy atom. The smallest absolute Gasteiger partial charge is 0.251 e. The Hall–Kier alpha value is -1.11. The summed E-state index contributed by atoms with van der Waals surface area (Å²) in [5, 5.41) is 9.45. The van der Waals surface area contributed by atoms with Crippen LogP contribution in [0.15, 0.2) is 38.6 Å². The summed E-state index contributed by atoms with van der Waals surface area (Å²) < 4.78 is 0.994. The molecule has 0 aromatic carbocycles. The number of hydrogen-bond acceptors (Lipinski definition) is 5.